The molecule has 20 heavy (non-hydrogen) atoms. The Morgan fingerprint density at radius 1 is 1.40 bits per heavy atom. The van der Waals surface area contributed by atoms with Gasteiger partial charge in [0.2, 0.25) is 0 Å². The van der Waals surface area contributed by atoms with Crippen molar-refractivity contribution < 1.29 is 5.11 Å². The van der Waals surface area contributed by atoms with Gasteiger partial charge in [-0.25, -0.2) is 0 Å². The van der Waals surface area contributed by atoms with E-state index in [0.717, 1.165) is 30.3 Å². The Kier molecular flexibility index (Phi) is 6.49. The van der Waals surface area contributed by atoms with Crippen molar-refractivity contribution in [3.05, 3.63) is 34.3 Å². The second-order valence-corrected chi connectivity index (χ2v) is 6.47. The van der Waals surface area contributed by atoms with E-state index in [0.29, 0.717) is 12.6 Å². The zero-order valence-electron chi connectivity index (χ0n) is 12.0. The Labute approximate surface area is 130 Å². The van der Waals surface area contributed by atoms with E-state index < -0.39 is 0 Å². The van der Waals surface area contributed by atoms with Crippen LogP contribution >= 0.6 is 15.9 Å². The van der Waals surface area contributed by atoms with E-state index in [9.17, 15) is 0 Å². The lowest BCUT2D eigenvalue weighted by atomic mass is 10.0. The number of nitrogens with zero attached hydrogens (tertiary/aromatic N) is 1. The molecule has 4 heteroatoms. The predicted octanol–water partition coefficient (Wildman–Crippen LogP) is 3.08. The van der Waals surface area contributed by atoms with Crippen LogP contribution in [0, 0.1) is 0 Å². The summed E-state index contributed by atoms with van der Waals surface area (Å²) in [6, 6.07) is 8.95. The van der Waals surface area contributed by atoms with Gasteiger partial charge in [0.25, 0.3) is 0 Å². The molecule has 3 N–H and O–H groups in total. The number of aliphatic hydroxyl groups excluding tert-OH is 1. The van der Waals surface area contributed by atoms with Crippen LogP contribution < -0.4 is 5.73 Å². The fraction of sp³-hybridized carbons (Fsp3) is 0.625. The Balaban J connectivity index is 1.83. The maximum absolute atomic E-state index is 8.97. The minimum atomic E-state index is 0.0877. The predicted molar refractivity (Wildman–Crippen MR) is 86.6 cm³/mol. The zero-order chi connectivity index (χ0) is 14.4. The SMILES string of the molecule is NC(CCN1CCCC1CCCO)c1ccccc1Br. The lowest BCUT2D eigenvalue weighted by Gasteiger charge is -2.26. The van der Waals surface area contributed by atoms with Crippen LogP contribution in [0.5, 0.6) is 0 Å². The first-order chi connectivity index (χ1) is 9.72. The van der Waals surface area contributed by atoms with Crippen molar-refractivity contribution in [2.45, 2.75) is 44.2 Å². The maximum atomic E-state index is 8.97. The molecule has 0 spiro atoms. The Bertz CT molecular complexity index is 413. The molecule has 2 unspecified atom stereocenters. The van der Waals surface area contributed by atoms with Gasteiger partial charge in [-0.1, -0.05) is 34.1 Å². The first kappa shape index (κ1) is 16.0. The summed E-state index contributed by atoms with van der Waals surface area (Å²) in [6.45, 7) is 2.54. The van der Waals surface area contributed by atoms with E-state index in [-0.39, 0.29) is 6.04 Å². The number of likely N-dealkylation sites (tertiary alicyclic amines) is 1. The largest absolute Gasteiger partial charge is 0.396 e. The Morgan fingerprint density at radius 3 is 2.95 bits per heavy atom. The van der Waals surface area contributed by atoms with Crippen LogP contribution in [0.1, 0.15) is 43.7 Å². The summed E-state index contributed by atoms with van der Waals surface area (Å²) < 4.78 is 1.10. The topological polar surface area (TPSA) is 49.5 Å². The summed E-state index contributed by atoms with van der Waals surface area (Å²) in [5, 5.41) is 8.97. The molecule has 1 aromatic carbocycles. The number of benzene rings is 1. The van der Waals surface area contributed by atoms with Gasteiger partial charge in [0.1, 0.15) is 0 Å². The lowest BCUT2D eigenvalue weighted by molar-refractivity contribution is 0.211. The van der Waals surface area contributed by atoms with Gasteiger partial charge in [-0.2, -0.15) is 0 Å². The van der Waals surface area contributed by atoms with Gasteiger partial charge in [0.15, 0.2) is 0 Å². The molecule has 0 aromatic heterocycles. The molecule has 3 nitrogen and oxygen atoms in total. The van der Waals surface area contributed by atoms with Crippen molar-refractivity contribution in [2.75, 3.05) is 19.7 Å². The second kappa shape index (κ2) is 8.13. The molecule has 1 aromatic rings. The number of halogens is 1. The first-order valence-electron chi connectivity index (χ1n) is 7.57. The minimum Gasteiger partial charge on any atom is -0.396 e. The van der Waals surface area contributed by atoms with E-state index in [1.807, 2.05) is 12.1 Å². The highest BCUT2D eigenvalue weighted by Crippen LogP contribution is 2.26. The molecule has 0 amide bonds. The Hall–Kier alpha value is -0.420. The van der Waals surface area contributed by atoms with Crippen molar-refractivity contribution in [1.29, 1.82) is 0 Å². The average molecular weight is 341 g/mol. The molecular weight excluding hydrogens is 316 g/mol. The van der Waals surface area contributed by atoms with E-state index >= 15 is 0 Å². The normalized spacial score (nSPS) is 21.2. The molecule has 1 fully saturated rings. The van der Waals surface area contributed by atoms with Gasteiger partial charge >= 0.3 is 0 Å². The molecule has 0 radical (unpaired) electrons. The van der Waals surface area contributed by atoms with E-state index in [2.05, 4.69) is 33.0 Å². The molecule has 2 rings (SSSR count). The smallest absolute Gasteiger partial charge is 0.0431 e. The fourth-order valence-electron chi connectivity index (χ4n) is 3.08. The van der Waals surface area contributed by atoms with Crippen LogP contribution in [-0.2, 0) is 0 Å². The van der Waals surface area contributed by atoms with Crippen LogP contribution in [0.2, 0.25) is 0 Å². The Morgan fingerprint density at radius 2 is 2.20 bits per heavy atom. The molecule has 0 bridgehead atoms. The summed E-state index contributed by atoms with van der Waals surface area (Å²) >= 11 is 3.58. The highest BCUT2D eigenvalue weighted by atomic mass is 79.9. The standard InChI is InChI=1S/C16H25BrN2O/c17-15-8-2-1-7-14(15)16(18)9-11-19-10-3-5-13(19)6-4-12-20/h1-2,7-8,13,16,20H,3-6,9-12,18H2. The molecular formula is C16H25BrN2O. The number of rotatable bonds is 7. The zero-order valence-corrected chi connectivity index (χ0v) is 13.6. The van der Waals surface area contributed by atoms with Crippen LogP contribution in [0.3, 0.4) is 0 Å². The highest BCUT2D eigenvalue weighted by molar-refractivity contribution is 9.10. The number of nitrogens with two attached hydrogens (primary N) is 1. The quantitative estimate of drug-likeness (QED) is 0.801. The van der Waals surface area contributed by atoms with E-state index in [1.165, 1.54) is 24.9 Å². The van der Waals surface area contributed by atoms with Crippen molar-refractivity contribution in [1.82, 2.24) is 4.90 Å². The molecule has 1 heterocycles. The summed E-state index contributed by atoms with van der Waals surface area (Å²) in [5.74, 6) is 0. The molecule has 1 aliphatic rings. The summed E-state index contributed by atoms with van der Waals surface area (Å²) in [6.07, 6.45) is 5.56. The third-order valence-electron chi connectivity index (χ3n) is 4.23. The molecule has 112 valence electrons. The number of aliphatic hydroxyl groups is 1. The van der Waals surface area contributed by atoms with Crippen LogP contribution in [0.15, 0.2) is 28.7 Å². The van der Waals surface area contributed by atoms with Gasteiger partial charge < -0.3 is 15.7 Å². The van der Waals surface area contributed by atoms with Crippen molar-refractivity contribution in [3.63, 3.8) is 0 Å². The van der Waals surface area contributed by atoms with Gasteiger partial charge in [0, 0.05) is 29.7 Å². The van der Waals surface area contributed by atoms with Gasteiger partial charge in [-0.05, 0) is 50.3 Å². The van der Waals surface area contributed by atoms with Crippen LogP contribution in [-0.4, -0.2) is 35.7 Å². The summed E-state index contributed by atoms with van der Waals surface area (Å²) in [7, 11) is 0. The van der Waals surface area contributed by atoms with E-state index in [4.69, 9.17) is 10.8 Å². The average Bonchev–Trinajstić information content (AvgIpc) is 2.90. The van der Waals surface area contributed by atoms with Crippen molar-refractivity contribution in [2.24, 2.45) is 5.73 Å². The van der Waals surface area contributed by atoms with Crippen LogP contribution in [0.25, 0.3) is 0 Å². The molecule has 1 aliphatic heterocycles. The number of hydrogen-bond acceptors (Lipinski definition) is 3. The van der Waals surface area contributed by atoms with Gasteiger partial charge in [-0.15, -0.1) is 0 Å². The molecule has 1 saturated heterocycles. The monoisotopic (exact) mass is 340 g/mol. The lowest BCUT2D eigenvalue weighted by Crippen LogP contribution is -2.32. The van der Waals surface area contributed by atoms with Crippen molar-refractivity contribution in [3.8, 4) is 0 Å². The maximum Gasteiger partial charge on any atom is 0.0431 e. The number of hydrogen-bond donors (Lipinski definition) is 2. The van der Waals surface area contributed by atoms with Gasteiger partial charge in [0.05, 0.1) is 0 Å². The van der Waals surface area contributed by atoms with Crippen LogP contribution in [0.4, 0.5) is 0 Å². The molecule has 2 atom stereocenters. The van der Waals surface area contributed by atoms with Gasteiger partial charge in [-0.3, -0.25) is 0 Å². The third-order valence-corrected chi connectivity index (χ3v) is 4.95. The second-order valence-electron chi connectivity index (χ2n) is 5.61. The highest BCUT2D eigenvalue weighted by Gasteiger charge is 2.24. The third kappa shape index (κ3) is 4.29. The van der Waals surface area contributed by atoms with Crippen molar-refractivity contribution >= 4 is 15.9 Å². The summed E-state index contributed by atoms with van der Waals surface area (Å²) in [5.41, 5.74) is 7.52. The molecule has 0 saturated carbocycles. The minimum absolute atomic E-state index is 0.0877. The first-order valence-corrected chi connectivity index (χ1v) is 8.36. The summed E-state index contributed by atoms with van der Waals surface area (Å²) in [4.78, 5) is 2.55. The molecule has 0 aliphatic carbocycles. The fourth-order valence-corrected chi connectivity index (χ4v) is 3.66. The van der Waals surface area contributed by atoms with E-state index in [1.54, 1.807) is 0 Å².